The first kappa shape index (κ1) is 14.1. The minimum absolute atomic E-state index is 0.103. The third kappa shape index (κ3) is 4.06. The Labute approximate surface area is 114 Å². The highest BCUT2D eigenvalue weighted by atomic mass is 16.3. The van der Waals surface area contributed by atoms with Crippen molar-refractivity contribution in [3.05, 3.63) is 11.8 Å². The number of aliphatic hydroxyl groups is 1. The third-order valence-electron chi connectivity index (χ3n) is 3.50. The van der Waals surface area contributed by atoms with Gasteiger partial charge in [0.05, 0.1) is 12.1 Å². The topological polar surface area (TPSA) is 70.1 Å². The van der Waals surface area contributed by atoms with Crippen molar-refractivity contribution in [3.8, 4) is 0 Å². The van der Waals surface area contributed by atoms with Crippen molar-refractivity contribution in [3.63, 3.8) is 0 Å². The summed E-state index contributed by atoms with van der Waals surface area (Å²) in [6.45, 7) is 4.78. The minimum atomic E-state index is -0.277. The van der Waals surface area contributed by atoms with Gasteiger partial charge in [0.25, 0.3) is 0 Å². The van der Waals surface area contributed by atoms with Gasteiger partial charge in [0, 0.05) is 18.3 Å². The molecule has 0 radical (unpaired) electrons. The first-order chi connectivity index (χ1) is 9.19. The molecule has 2 rings (SSSR count). The van der Waals surface area contributed by atoms with Gasteiger partial charge >= 0.3 is 0 Å². The molecule has 1 saturated carbocycles. The van der Waals surface area contributed by atoms with Gasteiger partial charge in [-0.3, -0.25) is 0 Å². The normalized spacial score (nSPS) is 23.7. The average molecular weight is 264 g/mol. The van der Waals surface area contributed by atoms with Crippen LogP contribution in [0.5, 0.6) is 0 Å². The summed E-state index contributed by atoms with van der Waals surface area (Å²) in [6.07, 6.45) is 5.09. The van der Waals surface area contributed by atoms with E-state index in [1.54, 1.807) is 0 Å². The standard InChI is InChI=1S/C14H24N4O/c1-3-15-14-16-10(2)9-13(18-14)17-11-7-5-4-6-8-12(11)19/h9,11-12,19H,3-8H2,1-2H3,(H2,15,16,17,18). The fraction of sp³-hybridized carbons (Fsp3) is 0.714. The molecule has 1 aliphatic rings. The Hall–Kier alpha value is -1.36. The molecule has 5 nitrogen and oxygen atoms in total. The molecule has 19 heavy (non-hydrogen) atoms. The molecule has 1 aliphatic carbocycles. The van der Waals surface area contributed by atoms with Crippen molar-refractivity contribution < 1.29 is 5.11 Å². The Balaban J connectivity index is 2.08. The van der Waals surface area contributed by atoms with E-state index in [2.05, 4.69) is 20.6 Å². The number of hydrogen-bond donors (Lipinski definition) is 3. The van der Waals surface area contributed by atoms with Crippen LogP contribution in [0.3, 0.4) is 0 Å². The molecule has 0 amide bonds. The van der Waals surface area contributed by atoms with Crippen molar-refractivity contribution >= 4 is 11.8 Å². The van der Waals surface area contributed by atoms with Crippen LogP contribution in [0.15, 0.2) is 6.07 Å². The highest BCUT2D eigenvalue weighted by Crippen LogP contribution is 2.21. The number of nitrogens with one attached hydrogen (secondary N) is 2. The molecule has 0 aliphatic heterocycles. The molecule has 1 fully saturated rings. The molecule has 2 unspecified atom stereocenters. The van der Waals surface area contributed by atoms with Crippen LogP contribution in [0, 0.1) is 6.92 Å². The minimum Gasteiger partial charge on any atom is -0.391 e. The molecular formula is C14H24N4O. The summed E-state index contributed by atoms with van der Waals surface area (Å²) < 4.78 is 0. The summed E-state index contributed by atoms with van der Waals surface area (Å²) in [6, 6.07) is 2.03. The highest BCUT2D eigenvalue weighted by Gasteiger charge is 2.21. The van der Waals surface area contributed by atoms with E-state index in [1.165, 1.54) is 12.8 Å². The van der Waals surface area contributed by atoms with Crippen LogP contribution in [0.4, 0.5) is 11.8 Å². The smallest absolute Gasteiger partial charge is 0.224 e. The van der Waals surface area contributed by atoms with Gasteiger partial charge in [0.15, 0.2) is 0 Å². The fourth-order valence-corrected chi connectivity index (χ4v) is 2.53. The Bertz CT molecular complexity index is 410. The molecule has 5 heteroatoms. The summed E-state index contributed by atoms with van der Waals surface area (Å²) in [5.41, 5.74) is 0.927. The van der Waals surface area contributed by atoms with Crippen molar-refractivity contribution in [2.24, 2.45) is 0 Å². The van der Waals surface area contributed by atoms with Crippen LogP contribution in [-0.2, 0) is 0 Å². The first-order valence-electron chi connectivity index (χ1n) is 7.23. The van der Waals surface area contributed by atoms with E-state index < -0.39 is 0 Å². The number of aliphatic hydroxyl groups excluding tert-OH is 1. The maximum Gasteiger partial charge on any atom is 0.224 e. The summed E-state index contributed by atoms with van der Waals surface area (Å²) in [4.78, 5) is 8.77. The quantitative estimate of drug-likeness (QED) is 0.728. The van der Waals surface area contributed by atoms with Gasteiger partial charge in [-0.15, -0.1) is 0 Å². The summed E-state index contributed by atoms with van der Waals surface area (Å²) in [7, 11) is 0. The lowest BCUT2D eigenvalue weighted by Crippen LogP contribution is -2.32. The highest BCUT2D eigenvalue weighted by molar-refractivity contribution is 5.43. The van der Waals surface area contributed by atoms with Gasteiger partial charge < -0.3 is 15.7 Å². The third-order valence-corrected chi connectivity index (χ3v) is 3.50. The first-order valence-corrected chi connectivity index (χ1v) is 7.23. The molecule has 3 N–H and O–H groups in total. The molecule has 0 bridgehead atoms. The Morgan fingerprint density at radius 1 is 1.26 bits per heavy atom. The van der Waals surface area contributed by atoms with E-state index >= 15 is 0 Å². The largest absolute Gasteiger partial charge is 0.391 e. The molecule has 1 aromatic rings. The van der Waals surface area contributed by atoms with Gasteiger partial charge in [-0.05, 0) is 26.7 Å². The fourth-order valence-electron chi connectivity index (χ4n) is 2.53. The maximum absolute atomic E-state index is 10.1. The van der Waals surface area contributed by atoms with Gasteiger partial charge in [0.2, 0.25) is 5.95 Å². The molecular weight excluding hydrogens is 240 g/mol. The second kappa shape index (κ2) is 6.70. The van der Waals surface area contributed by atoms with Crippen molar-refractivity contribution in [1.82, 2.24) is 9.97 Å². The van der Waals surface area contributed by atoms with Crippen LogP contribution in [0.1, 0.15) is 44.7 Å². The van der Waals surface area contributed by atoms with Crippen LogP contribution < -0.4 is 10.6 Å². The Kier molecular flexibility index (Phi) is 4.96. The Morgan fingerprint density at radius 3 is 2.84 bits per heavy atom. The van der Waals surface area contributed by atoms with Gasteiger partial charge in [0.1, 0.15) is 5.82 Å². The predicted molar refractivity (Wildman–Crippen MR) is 77.4 cm³/mol. The number of anilines is 2. The van der Waals surface area contributed by atoms with E-state index in [1.807, 2.05) is 19.9 Å². The van der Waals surface area contributed by atoms with Crippen molar-refractivity contribution in [1.29, 1.82) is 0 Å². The van der Waals surface area contributed by atoms with Gasteiger partial charge in [-0.25, -0.2) is 4.98 Å². The Morgan fingerprint density at radius 2 is 2.05 bits per heavy atom. The van der Waals surface area contributed by atoms with Crippen molar-refractivity contribution in [2.45, 2.75) is 58.1 Å². The SMILES string of the molecule is CCNc1nc(C)cc(NC2CCCCCC2O)n1. The second-order valence-corrected chi connectivity index (χ2v) is 5.20. The number of aryl methyl sites for hydroxylation is 1. The number of hydrogen-bond acceptors (Lipinski definition) is 5. The lowest BCUT2D eigenvalue weighted by Gasteiger charge is -2.22. The number of rotatable bonds is 4. The van der Waals surface area contributed by atoms with Crippen molar-refractivity contribution in [2.75, 3.05) is 17.2 Å². The van der Waals surface area contributed by atoms with Crippen LogP contribution in [0.2, 0.25) is 0 Å². The van der Waals surface area contributed by atoms with E-state index in [0.29, 0.717) is 5.95 Å². The lowest BCUT2D eigenvalue weighted by molar-refractivity contribution is 0.144. The molecule has 0 spiro atoms. The van der Waals surface area contributed by atoms with Crippen LogP contribution in [0.25, 0.3) is 0 Å². The predicted octanol–water partition coefficient (Wildman–Crippen LogP) is 2.32. The molecule has 2 atom stereocenters. The van der Waals surface area contributed by atoms with Gasteiger partial charge in [-0.1, -0.05) is 19.3 Å². The second-order valence-electron chi connectivity index (χ2n) is 5.20. The number of aromatic nitrogens is 2. The van der Waals surface area contributed by atoms with Gasteiger partial charge in [-0.2, -0.15) is 4.98 Å². The molecule has 1 aromatic heterocycles. The lowest BCUT2D eigenvalue weighted by atomic mass is 10.1. The molecule has 106 valence electrons. The zero-order valence-corrected chi connectivity index (χ0v) is 11.8. The summed E-state index contributed by atoms with van der Waals surface area (Å²) >= 11 is 0. The summed E-state index contributed by atoms with van der Waals surface area (Å²) in [5.74, 6) is 1.45. The molecule has 0 aromatic carbocycles. The molecule has 1 heterocycles. The maximum atomic E-state index is 10.1. The number of nitrogens with zero attached hydrogens (tertiary/aromatic N) is 2. The van der Waals surface area contributed by atoms with E-state index in [9.17, 15) is 5.11 Å². The van der Waals surface area contributed by atoms with Crippen LogP contribution >= 0.6 is 0 Å². The zero-order valence-electron chi connectivity index (χ0n) is 11.8. The van der Waals surface area contributed by atoms with E-state index in [-0.39, 0.29) is 12.1 Å². The monoisotopic (exact) mass is 264 g/mol. The summed E-state index contributed by atoms with van der Waals surface area (Å²) in [5, 5.41) is 16.6. The molecule has 0 saturated heterocycles. The zero-order chi connectivity index (χ0) is 13.7. The van der Waals surface area contributed by atoms with E-state index in [0.717, 1.165) is 37.3 Å². The van der Waals surface area contributed by atoms with Crippen LogP contribution in [-0.4, -0.2) is 33.8 Å². The van der Waals surface area contributed by atoms with E-state index in [4.69, 9.17) is 0 Å². The average Bonchev–Trinajstić information content (AvgIpc) is 2.55.